The summed E-state index contributed by atoms with van der Waals surface area (Å²) in [7, 11) is 0. The van der Waals surface area contributed by atoms with Crippen molar-refractivity contribution in [2.24, 2.45) is 0 Å². The van der Waals surface area contributed by atoms with Gasteiger partial charge in [0.25, 0.3) is 5.56 Å². The van der Waals surface area contributed by atoms with E-state index in [1.54, 1.807) is 0 Å². The van der Waals surface area contributed by atoms with E-state index < -0.39 is 40.0 Å². The van der Waals surface area contributed by atoms with Crippen LogP contribution in [0.5, 0.6) is 5.88 Å². The average Bonchev–Trinajstić information content (AvgIpc) is 2.80. The zero-order chi connectivity index (χ0) is 14.4. The molecule has 0 radical (unpaired) electrons. The Hall–Kier alpha value is -2.84. The molecule has 9 heteroatoms. The summed E-state index contributed by atoms with van der Waals surface area (Å²) < 4.78 is 41.1. The van der Waals surface area contributed by atoms with Crippen LogP contribution in [-0.4, -0.2) is 24.7 Å². The van der Waals surface area contributed by atoms with Crippen molar-refractivity contribution < 1.29 is 18.3 Å². The molecule has 0 amide bonds. The first-order chi connectivity index (χ1) is 9.49. The van der Waals surface area contributed by atoms with Crippen molar-refractivity contribution in [1.82, 2.24) is 19.6 Å². The molecule has 0 saturated heterocycles. The number of benzene rings is 1. The molecule has 0 atom stereocenters. The lowest BCUT2D eigenvalue weighted by Gasteiger charge is -2.07. The van der Waals surface area contributed by atoms with Gasteiger partial charge in [-0.05, 0) is 0 Å². The largest absolute Gasteiger partial charge is 0.493 e. The molecule has 20 heavy (non-hydrogen) atoms. The Balaban J connectivity index is 2.44. The Morgan fingerprint density at radius 3 is 2.45 bits per heavy atom. The maximum absolute atomic E-state index is 13.7. The van der Waals surface area contributed by atoms with Crippen LogP contribution in [-0.2, 0) is 0 Å². The minimum Gasteiger partial charge on any atom is -0.493 e. The van der Waals surface area contributed by atoms with Gasteiger partial charge in [0.15, 0.2) is 0 Å². The van der Waals surface area contributed by atoms with Gasteiger partial charge in [0, 0.05) is 12.1 Å². The molecule has 0 bridgehead atoms. The molecule has 1 aromatic carbocycles. The van der Waals surface area contributed by atoms with Gasteiger partial charge in [-0.3, -0.25) is 9.78 Å². The summed E-state index contributed by atoms with van der Waals surface area (Å²) in [5.41, 5.74) is -2.52. The fraction of sp³-hybridized carbons (Fsp3) is 0. The SMILES string of the molecule is O=c1[nH]c2ncnn2c(O)c1-c1c(F)cc(F)cc1F. The highest BCUT2D eigenvalue weighted by Crippen LogP contribution is 2.30. The van der Waals surface area contributed by atoms with Crippen molar-refractivity contribution in [3.05, 3.63) is 46.3 Å². The van der Waals surface area contributed by atoms with Crippen molar-refractivity contribution in [1.29, 1.82) is 0 Å². The number of hydrogen-bond acceptors (Lipinski definition) is 4. The molecule has 0 aliphatic heterocycles. The molecule has 102 valence electrons. The maximum Gasteiger partial charge on any atom is 0.264 e. The van der Waals surface area contributed by atoms with Crippen LogP contribution in [0.15, 0.2) is 23.3 Å². The fourth-order valence-corrected chi connectivity index (χ4v) is 1.86. The molecule has 3 rings (SSSR count). The molecular formula is C11H5F3N4O2. The first-order valence-corrected chi connectivity index (χ1v) is 5.29. The van der Waals surface area contributed by atoms with Gasteiger partial charge >= 0.3 is 0 Å². The zero-order valence-corrected chi connectivity index (χ0v) is 9.56. The number of hydrogen-bond donors (Lipinski definition) is 2. The predicted molar refractivity (Wildman–Crippen MR) is 60.6 cm³/mol. The van der Waals surface area contributed by atoms with Crippen LogP contribution in [0.3, 0.4) is 0 Å². The minimum atomic E-state index is -1.32. The van der Waals surface area contributed by atoms with Crippen LogP contribution < -0.4 is 5.56 Å². The number of nitrogens with one attached hydrogen (secondary N) is 1. The third kappa shape index (κ3) is 1.63. The highest BCUT2D eigenvalue weighted by molar-refractivity contribution is 5.69. The second-order valence-electron chi connectivity index (χ2n) is 3.89. The van der Waals surface area contributed by atoms with Gasteiger partial charge < -0.3 is 5.11 Å². The second-order valence-corrected chi connectivity index (χ2v) is 3.89. The Labute approximate surface area is 108 Å². The number of nitrogens with zero attached hydrogens (tertiary/aromatic N) is 3. The van der Waals surface area contributed by atoms with E-state index in [4.69, 9.17) is 0 Å². The Bertz CT molecular complexity index is 864. The van der Waals surface area contributed by atoms with Crippen LogP contribution in [0.25, 0.3) is 16.9 Å². The van der Waals surface area contributed by atoms with Gasteiger partial charge in [0.2, 0.25) is 11.7 Å². The number of aromatic hydroxyl groups is 1. The van der Waals surface area contributed by atoms with E-state index >= 15 is 0 Å². The van der Waals surface area contributed by atoms with Crippen LogP contribution in [0.2, 0.25) is 0 Å². The highest BCUT2D eigenvalue weighted by Gasteiger charge is 2.22. The predicted octanol–water partition coefficient (Wildman–Crippen LogP) is 1.21. The monoisotopic (exact) mass is 282 g/mol. The van der Waals surface area contributed by atoms with Crippen LogP contribution in [0.1, 0.15) is 0 Å². The Kier molecular flexibility index (Phi) is 2.49. The quantitative estimate of drug-likeness (QED) is 0.702. The molecule has 2 N–H and O–H groups in total. The van der Waals surface area contributed by atoms with Crippen molar-refractivity contribution in [2.45, 2.75) is 0 Å². The number of H-pyrrole nitrogens is 1. The third-order valence-corrected chi connectivity index (χ3v) is 2.68. The standard InChI is InChI=1S/C11H5F3N4O2/c12-4-1-5(13)7(6(14)2-4)8-9(19)17-11-15-3-16-18(11)10(8)20/h1-3,20H,(H,15,16,17,19). The second kappa shape index (κ2) is 4.08. The van der Waals surface area contributed by atoms with E-state index in [2.05, 4.69) is 15.1 Å². The molecule has 2 aromatic heterocycles. The van der Waals surface area contributed by atoms with Gasteiger partial charge in [-0.1, -0.05) is 0 Å². The molecule has 0 aliphatic rings. The summed E-state index contributed by atoms with van der Waals surface area (Å²) in [6.07, 6.45) is 1.03. The highest BCUT2D eigenvalue weighted by atomic mass is 19.1. The topological polar surface area (TPSA) is 83.3 Å². The molecule has 0 fully saturated rings. The van der Waals surface area contributed by atoms with Gasteiger partial charge in [-0.2, -0.15) is 14.6 Å². The van der Waals surface area contributed by atoms with Crippen molar-refractivity contribution >= 4 is 5.78 Å². The molecule has 6 nitrogen and oxygen atoms in total. The van der Waals surface area contributed by atoms with Gasteiger partial charge in [-0.25, -0.2) is 13.2 Å². The van der Waals surface area contributed by atoms with Gasteiger partial charge in [-0.15, -0.1) is 0 Å². The summed E-state index contributed by atoms with van der Waals surface area (Å²) in [5.74, 6) is -4.67. The van der Waals surface area contributed by atoms with E-state index in [1.165, 1.54) is 0 Å². The van der Waals surface area contributed by atoms with Gasteiger partial charge in [0.05, 0.1) is 5.56 Å². The number of aromatic amines is 1. The lowest BCUT2D eigenvalue weighted by Crippen LogP contribution is -2.14. The zero-order valence-electron chi connectivity index (χ0n) is 9.56. The smallest absolute Gasteiger partial charge is 0.264 e. The summed E-state index contributed by atoms with van der Waals surface area (Å²) in [6, 6.07) is 0.811. The van der Waals surface area contributed by atoms with Crippen LogP contribution in [0.4, 0.5) is 13.2 Å². The number of fused-ring (bicyclic) bond motifs is 1. The summed E-state index contributed by atoms with van der Waals surface area (Å²) in [5, 5.41) is 13.5. The first-order valence-electron chi connectivity index (χ1n) is 5.29. The number of aromatic nitrogens is 4. The molecule has 0 aliphatic carbocycles. The summed E-state index contributed by atoms with van der Waals surface area (Å²) in [6.45, 7) is 0. The third-order valence-electron chi connectivity index (χ3n) is 2.68. The maximum atomic E-state index is 13.7. The molecular weight excluding hydrogens is 277 g/mol. The summed E-state index contributed by atoms with van der Waals surface area (Å²) in [4.78, 5) is 17.6. The van der Waals surface area contributed by atoms with E-state index in [0.717, 1.165) is 10.8 Å². The van der Waals surface area contributed by atoms with E-state index in [9.17, 15) is 23.1 Å². The molecule has 0 spiro atoms. The minimum absolute atomic E-state index is 0.0980. The lowest BCUT2D eigenvalue weighted by atomic mass is 10.1. The molecule has 3 aromatic rings. The Morgan fingerprint density at radius 2 is 1.80 bits per heavy atom. The fourth-order valence-electron chi connectivity index (χ4n) is 1.86. The normalized spacial score (nSPS) is 11.2. The molecule has 2 heterocycles. The lowest BCUT2D eigenvalue weighted by molar-refractivity contribution is 0.435. The van der Waals surface area contributed by atoms with E-state index in [1.807, 2.05) is 0 Å². The Morgan fingerprint density at radius 1 is 1.15 bits per heavy atom. The van der Waals surface area contributed by atoms with E-state index in [0.29, 0.717) is 12.1 Å². The van der Waals surface area contributed by atoms with Crippen molar-refractivity contribution in [2.75, 3.05) is 0 Å². The molecule has 0 saturated carbocycles. The summed E-state index contributed by atoms with van der Waals surface area (Å²) >= 11 is 0. The van der Waals surface area contributed by atoms with Crippen molar-refractivity contribution in [3.8, 4) is 17.0 Å². The van der Waals surface area contributed by atoms with Crippen molar-refractivity contribution in [3.63, 3.8) is 0 Å². The van der Waals surface area contributed by atoms with Crippen LogP contribution >= 0.6 is 0 Å². The molecule has 0 unspecified atom stereocenters. The number of halogens is 3. The average molecular weight is 282 g/mol. The van der Waals surface area contributed by atoms with Crippen LogP contribution in [0, 0.1) is 17.5 Å². The first kappa shape index (κ1) is 12.2. The number of rotatable bonds is 1. The van der Waals surface area contributed by atoms with E-state index in [-0.39, 0.29) is 5.78 Å². The van der Waals surface area contributed by atoms with Gasteiger partial charge in [0.1, 0.15) is 29.3 Å².